The summed E-state index contributed by atoms with van der Waals surface area (Å²) in [5, 5.41) is 6.38. The minimum Gasteiger partial charge on any atom is -0.497 e. The number of thiazole rings is 1. The molecule has 0 aliphatic carbocycles. The lowest BCUT2D eigenvalue weighted by Crippen LogP contribution is -2.07. The highest BCUT2D eigenvalue weighted by Crippen LogP contribution is 2.35. The van der Waals surface area contributed by atoms with Crippen molar-refractivity contribution >= 4 is 49.7 Å². The van der Waals surface area contributed by atoms with Crippen molar-refractivity contribution in [1.29, 1.82) is 0 Å². The summed E-state index contributed by atoms with van der Waals surface area (Å²) < 4.78 is 44.9. The summed E-state index contributed by atoms with van der Waals surface area (Å²) >= 11 is 1.38. The summed E-state index contributed by atoms with van der Waals surface area (Å²) in [7, 11) is 1.59. The van der Waals surface area contributed by atoms with Crippen LogP contribution in [0.5, 0.6) is 5.75 Å². The van der Waals surface area contributed by atoms with Crippen molar-refractivity contribution in [2.75, 3.05) is 23.5 Å². The number of hydrogen-bond donors (Lipinski definition) is 3. The Kier molecular flexibility index (Phi) is 5.04. The number of halogens is 3. The number of fused-ring (bicyclic) bond motifs is 1. The van der Waals surface area contributed by atoms with Gasteiger partial charge in [0.1, 0.15) is 17.8 Å². The van der Waals surface area contributed by atoms with Crippen LogP contribution in [0.4, 0.5) is 41.3 Å². The number of alkyl halides is 3. The summed E-state index contributed by atoms with van der Waals surface area (Å²) in [5.41, 5.74) is 6.48. The number of aromatic nitrogens is 3. The van der Waals surface area contributed by atoms with Crippen molar-refractivity contribution in [3.63, 3.8) is 0 Å². The van der Waals surface area contributed by atoms with Crippen LogP contribution in [0.25, 0.3) is 10.2 Å². The summed E-state index contributed by atoms with van der Waals surface area (Å²) in [5.74, 6) is 1.17. The van der Waals surface area contributed by atoms with E-state index in [9.17, 15) is 13.2 Å². The molecule has 11 heteroatoms. The molecule has 2 aromatic carbocycles. The number of benzene rings is 2. The Balaban J connectivity index is 1.59. The predicted octanol–water partition coefficient (Wildman–Crippen LogP) is 5.18. The Morgan fingerprint density at radius 1 is 1.03 bits per heavy atom. The molecule has 0 aliphatic rings. The summed E-state index contributed by atoms with van der Waals surface area (Å²) in [6.45, 7) is 0. The topological polar surface area (TPSA) is 98.0 Å². The molecule has 2 aromatic heterocycles. The number of nitrogens with two attached hydrogens (primary N) is 1. The van der Waals surface area contributed by atoms with E-state index in [2.05, 4.69) is 25.6 Å². The molecule has 0 spiro atoms. The molecule has 0 saturated carbocycles. The fourth-order valence-corrected chi connectivity index (χ4v) is 3.58. The summed E-state index contributed by atoms with van der Waals surface area (Å²) in [4.78, 5) is 12.6. The van der Waals surface area contributed by atoms with Gasteiger partial charge in [-0.25, -0.2) is 15.0 Å². The van der Waals surface area contributed by atoms with Gasteiger partial charge in [-0.3, -0.25) is 0 Å². The van der Waals surface area contributed by atoms with E-state index in [-0.39, 0.29) is 23.0 Å². The lowest BCUT2D eigenvalue weighted by molar-refractivity contribution is -0.137. The van der Waals surface area contributed by atoms with Gasteiger partial charge in [-0.2, -0.15) is 13.2 Å². The molecule has 4 N–H and O–H groups in total. The average Bonchev–Trinajstić information content (AvgIpc) is 3.12. The Hall–Kier alpha value is -3.60. The first-order valence-electron chi connectivity index (χ1n) is 8.60. The number of rotatable bonds is 5. The molecule has 2 heterocycles. The van der Waals surface area contributed by atoms with Gasteiger partial charge in [0.05, 0.1) is 22.9 Å². The zero-order valence-electron chi connectivity index (χ0n) is 15.5. The number of ether oxygens (including phenoxy) is 1. The fourth-order valence-electron chi connectivity index (χ4n) is 2.69. The fraction of sp³-hybridized carbons (Fsp3) is 0.105. The largest absolute Gasteiger partial charge is 0.497 e. The third-order valence-corrected chi connectivity index (χ3v) is 5.09. The molecule has 0 amide bonds. The number of hydrogen-bond acceptors (Lipinski definition) is 8. The third-order valence-electron chi connectivity index (χ3n) is 4.16. The molecule has 4 rings (SSSR count). The van der Waals surface area contributed by atoms with E-state index in [4.69, 9.17) is 10.5 Å². The minimum absolute atomic E-state index is 0.145. The van der Waals surface area contributed by atoms with Crippen LogP contribution >= 0.6 is 11.3 Å². The maximum atomic E-state index is 12.9. The Bertz CT molecular complexity index is 1210. The van der Waals surface area contributed by atoms with Gasteiger partial charge in [0.15, 0.2) is 16.8 Å². The van der Waals surface area contributed by atoms with Crippen LogP contribution in [-0.4, -0.2) is 22.1 Å². The normalized spacial score (nSPS) is 11.5. The monoisotopic (exact) mass is 432 g/mol. The Labute approximate surface area is 172 Å². The summed E-state index contributed by atoms with van der Waals surface area (Å²) in [6.07, 6.45) is -3.19. The molecule has 4 aromatic rings. The highest BCUT2D eigenvalue weighted by atomic mass is 32.1. The molecular weight excluding hydrogens is 417 g/mol. The quantitative estimate of drug-likeness (QED) is 0.400. The number of nitrogens with one attached hydrogen (secondary N) is 2. The van der Waals surface area contributed by atoms with Crippen LogP contribution in [0.1, 0.15) is 5.56 Å². The molecule has 0 saturated heterocycles. The first-order valence-corrected chi connectivity index (χ1v) is 9.41. The lowest BCUT2D eigenvalue weighted by atomic mass is 10.2. The van der Waals surface area contributed by atoms with Gasteiger partial charge in [0.2, 0.25) is 0 Å². The van der Waals surface area contributed by atoms with Gasteiger partial charge < -0.3 is 21.1 Å². The first-order chi connectivity index (χ1) is 14.3. The Morgan fingerprint density at radius 3 is 2.53 bits per heavy atom. The Morgan fingerprint density at radius 2 is 1.80 bits per heavy atom. The predicted molar refractivity (Wildman–Crippen MR) is 111 cm³/mol. The van der Waals surface area contributed by atoms with Crippen molar-refractivity contribution in [2.45, 2.75) is 6.18 Å². The zero-order chi connectivity index (χ0) is 21.3. The van der Waals surface area contributed by atoms with E-state index in [0.29, 0.717) is 10.9 Å². The number of nitrogen functional groups attached to an aromatic ring is 1. The smallest absolute Gasteiger partial charge is 0.416 e. The van der Waals surface area contributed by atoms with Crippen LogP contribution in [0.15, 0.2) is 48.8 Å². The first kappa shape index (κ1) is 19.7. The van der Waals surface area contributed by atoms with Crippen LogP contribution in [0.2, 0.25) is 0 Å². The maximum Gasteiger partial charge on any atom is 0.416 e. The molecular formula is C19H15F3N6OS. The summed E-state index contributed by atoms with van der Waals surface area (Å²) in [6, 6.07) is 10.3. The second-order valence-corrected chi connectivity index (χ2v) is 7.20. The van der Waals surface area contributed by atoms with Crippen molar-refractivity contribution in [3.8, 4) is 5.75 Å². The average molecular weight is 432 g/mol. The number of nitrogens with zero attached hydrogens (tertiary/aromatic N) is 3. The molecule has 154 valence electrons. The van der Waals surface area contributed by atoms with E-state index >= 15 is 0 Å². The van der Waals surface area contributed by atoms with Gasteiger partial charge in [0, 0.05) is 5.69 Å². The second kappa shape index (κ2) is 7.67. The van der Waals surface area contributed by atoms with E-state index in [1.807, 2.05) is 18.2 Å². The highest BCUT2D eigenvalue weighted by Gasteiger charge is 2.30. The van der Waals surface area contributed by atoms with Crippen molar-refractivity contribution < 1.29 is 17.9 Å². The molecule has 0 atom stereocenters. The maximum absolute atomic E-state index is 12.9. The number of anilines is 5. The molecule has 30 heavy (non-hydrogen) atoms. The standard InChI is InChI=1S/C19H15F3N6OS/c1-29-12-5-6-13-14(8-12)30-18(27-13)28-17-15(23)16(24-9-25-17)26-11-4-2-3-10(7-11)19(20,21)22/h2-9H,23H2,1H3,(H2,24,25,26,27,28). The van der Waals surface area contributed by atoms with Crippen molar-refractivity contribution in [2.24, 2.45) is 0 Å². The van der Waals surface area contributed by atoms with Gasteiger partial charge in [-0.1, -0.05) is 17.4 Å². The van der Waals surface area contributed by atoms with E-state index < -0.39 is 11.7 Å². The zero-order valence-corrected chi connectivity index (χ0v) is 16.3. The van der Waals surface area contributed by atoms with Crippen LogP contribution < -0.4 is 21.1 Å². The third kappa shape index (κ3) is 4.06. The lowest BCUT2D eigenvalue weighted by Gasteiger charge is -2.13. The van der Waals surface area contributed by atoms with Gasteiger partial charge >= 0.3 is 6.18 Å². The molecule has 0 radical (unpaired) electrons. The number of methoxy groups -OCH3 is 1. The molecule has 0 unspecified atom stereocenters. The van der Waals surface area contributed by atoms with Crippen LogP contribution in [-0.2, 0) is 6.18 Å². The van der Waals surface area contributed by atoms with Crippen LogP contribution in [0.3, 0.4) is 0 Å². The second-order valence-electron chi connectivity index (χ2n) is 6.17. The van der Waals surface area contributed by atoms with E-state index in [1.54, 1.807) is 7.11 Å². The molecule has 0 aliphatic heterocycles. The van der Waals surface area contributed by atoms with Gasteiger partial charge in [0.25, 0.3) is 0 Å². The molecule has 0 fully saturated rings. The molecule has 7 nitrogen and oxygen atoms in total. The van der Waals surface area contributed by atoms with Gasteiger partial charge in [-0.15, -0.1) is 0 Å². The van der Waals surface area contributed by atoms with Gasteiger partial charge in [-0.05, 0) is 36.4 Å². The van der Waals surface area contributed by atoms with Crippen molar-refractivity contribution in [1.82, 2.24) is 15.0 Å². The molecule has 0 bridgehead atoms. The minimum atomic E-state index is -4.45. The van der Waals surface area contributed by atoms with E-state index in [1.165, 1.54) is 29.8 Å². The van der Waals surface area contributed by atoms with Crippen molar-refractivity contribution in [3.05, 3.63) is 54.4 Å². The SMILES string of the molecule is COc1ccc2nc(Nc3ncnc(Nc4cccc(C(F)(F)F)c4)c3N)sc2c1. The van der Waals surface area contributed by atoms with E-state index in [0.717, 1.165) is 22.3 Å². The van der Waals surface area contributed by atoms with Crippen LogP contribution in [0, 0.1) is 0 Å². The highest BCUT2D eigenvalue weighted by molar-refractivity contribution is 7.22.